The van der Waals surface area contributed by atoms with Crippen LogP contribution in [0.25, 0.3) is 10.2 Å². The fourth-order valence-corrected chi connectivity index (χ4v) is 4.12. The summed E-state index contributed by atoms with van der Waals surface area (Å²) in [6.45, 7) is 2.27. The predicted molar refractivity (Wildman–Crippen MR) is 75.6 cm³/mol. The molecular formula is C14H17N3S. The predicted octanol–water partition coefficient (Wildman–Crippen LogP) is 3.27. The zero-order valence-electron chi connectivity index (χ0n) is 10.8. The summed E-state index contributed by atoms with van der Waals surface area (Å²) >= 11 is 1.88. The third kappa shape index (κ3) is 1.35. The van der Waals surface area contributed by atoms with Crippen LogP contribution in [0.2, 0.25) is 0 Å². The van der Waals surface area contributed by atoms with E-state index in [4.69, 9.17) is 9.97 Å². The molecule has 4 rings (SSSR count). The Kier molecular flexibility index (Phi) is 2.05. The number of aromatic nitrogens is 2. The lowest BCUT2D eigenvalue weighted by atomic mass is 10.1. The van der Waals surface area contributed by atoms with E-state index < -0.39 is 0 Å². The molecule has 0 spiro atoms. The van der Waals surface area contributed by atoms with Crippen LogP contribution in [-0.2, 0) is 18.3 Å². The Bertz CT molecular complexity index is 640. The zero-order chi connectivity index (χ0) is 12.3. The van der Waals surface area contributed by atoms with Gasteiger partial charge >= 0.3 is 0 Å². The first kappa shape index (κ1) is 10.7. The van der Waals surface area contributed by atoms with E-state index in [-0.39, 0.29) is 5.41 Å². The summed E-state index contributed by atoms with van der Waals surface area (Å²) in [6, 6.07) is 0. The Morgan fingerprint density at radius 2 is 2.06 bits per heavy atom. The van der Waals surface area contributed by atoms with Gasteiger partial charge in [-0.2, -0.15) is 0 Å². The van der Waals surface area contributed by atoms with E-state index >= 15 is 0 Å². The van der Waals surface area contributed by atoms with Gasteiger partial charge in [-0.15, -0.1) is 11.3 Å². The molecule has 0 radical (unpaired) electrons. The maximum atomic E-state index is 4.85. The fraction of sp³-hybridized carbons (Fsp3) is 0.571. The van der Waals surface area contributed by atoms with Gasteiger partial charge in [0.05, 0.1) is 5.39 Å². The van der Waals surface area contributed by atoms with Gasteiger partial charge in [0.2, 0.25) is 0 Å². The summed E-state index contributed by atoms with van der Waals surface area (Å²) in [5, 5.41) is 4.58. The molecule has 2 aromatic heterocycles. The molecule has 0 aliphatic heterocycles. The molecule has 1 saturated carbocycles. The third-order valence-corrected chi connectivity index (χ3v) is 5.53. The van der Waals surface area contributed by atoms with Crippen molar-refractivity contribution >= 4 is 27.4 Å². The van der Waals surface area contributed by atoms with Gasteiger partial charge < -0.3 is 5.32 Å². The van der Waals surface area contributed by atoms with Crippen molar-refractivity contribution in [3.8, 4) is 0 Å². The summed E-state index contributed by atoms with van der Waals surface area (Å²) in [6.07, 6.45) is 6.18. The molecule has 1 N–H and O–H groups in total. The number of rotatable bonds is 2. The van der Waals surface area contributed by atoms with E-state index in [1.54, 1.807) is 0 Å². The molecule has 3 nitrogen and oxygen atoms in total. The smallest absolute Gasteiger partial charge is 0.138 e. The van der Waals surface area contributed by atoms with Gasteiger partial charge in [0.25, 0.3) is 0 Å². The Hall–Kier alpha value is -1.16. The lowest BCUT2D eigenvalue weighted by Gasteiger charge is -2.10. The average Bonchev–Trinajstić information content (AvgIpc) is 2.84. The summed E-state index contributed by atoms with van der Waals surface area (Å²) in [7, 11) is 1.97. The lowest BCUT2D eigenvalue weighted by Crippen LogP contribution is -2.09. The highest BCUT2D eigenvalue weighted by atomic mass is 32.1. The Balaban J connectivity index is 2.00. The quantitative estimate of drug-likeness (QED) is 0.899. The van der Waals surface area contributed by atoms with Gasteiger partial charge in [-0.3, -0.25) is 0 Å². The molecule has 18 heavy (non-hydrogen) atoms. The number of hydrogen-bond acceptors (Lipinski definition) is 4. The molecule has 2 aromatic rings. The molecule has 4 heteroatoms. The van der Waals surface area contributed by atoms with Crippen LogP contribution in [0.15, 0.2) is 0 Å². The van der Waals surface area contributed by atoms with Crippen LogP contribution in [0.4, 0.5) is 5.82 Å². The number of nitrogens with one attached hydrogen (secondary N) is 1. The van der Waals surface area contributed by atoms with Crippen molar-refractivity contribution in [1.29, 1.82) is 0 Å². The molecule has 0 atom stereocenters. The second-order valence-electron chi connectivity index (χ2n) is 5.74. The van der Waals surface area contributed by atoms with Crippen molar-refractivity contribution in [2.75, 3.05) is 12.4 Å². The van der Waals surface area contributed by atoms with E-state index in [9.17, 15) is 0 Å². The highest BCUT2D eigenvalue weighted by Crippen LogP contribution is 2.48. The molecule has 0 bridgehead atoms. The maximum absolute atomic E-state index is 4.85. The van der Waals surface area contributed by atoms with E-state index in [2.05, 4.69) is 12.2 Å². The summed E-state index contributed by atoms with van der Waals surface area (Å²) < 4.78 is 0. The molecule has 1 fully saturated rings. The highest BCUT2D eigenvalue weighted by Gasteiger charge is 2.42. The minimum absolute atomic E-state index is 0.244. The van der Waals surface area contributed by atoms with Gasteiger partial charge in [0.1, 0.15) is 16.5 Å². The topological polar surface area (TPSA) is 37.8 Å². The summed E-state index contributed by atoms with van der Waals surface area (Å²) in [5.41, 5.74) is 1.75. The Morgan fingerprint density at radius 3 is 2.78 bits per heavy atom. The maximum Gasteiger partial charge on any atom is 0.138 e. The average molecular weight is 259 g/mol. The number of aryl methyl sites for hydroxylation is 2. The van der Waals surface area contributed by atoms with Crippen LogP contribution in [-0.4, -0.2) is 17.0 Å². The van der Waals surface area contributed by atoms with Crippen molar-refractivity contribution < 1.29 is 0 Å². The van der Waals surface area contributed by atoms with Crippen LogP contribution in [0.3, 0.4) is 0 Å². The normalized spacial score (nSPS) is 20.1. The first-order valence-corrected chi connectivity index (χ1v) is 7.53. The Labute approximate surface area is 111 Å². The van der Waals surface area contributed by atoms with Gasteiger partial charge in [0, 0.05) is 17.3 Å². The summed E-state index contributed by atoms with van der Waals surface area (Å²) in [5.74, 6) is 2.08. The van der Waals surface area contributed by atoms with Gasteiger partial charge in [-0.05, 0) is 37.7 Å². The van der Waals surface area contributed by atoms with Crippen LogP contribution in [0.5, 0.6) is 0 Å². The SMILES string of the molecule is CNc1nc(C2(C)CC2)nc2sc3c(c12)CCC3. The second-order valence-corrected chi connectivity index (χ2v) is 6.83. The largest absolute Gasteiger partial charge is 0.372 e. The lowest BCUT2D eigenvalue weighted by molar-refractivity contribution is 0.717. The fourth-order valence-electron chi connectivity index (χ4n) is 2.86. The summed E-state index contributed by atoms with van der Waals surface area (Å²) in [4.78, 5) is 12.4. The van der Waals surface area contributed by atoms with Crippen LogP contribution < -0.4 is 5.32 Å². The number of thiophene rings is 1. The standard InChI is InChI=1S/C14H17N3S/c1-14(6-7-14)13-16-11(15-2)10-8-4-3-5-9(8)18-12(10)17-13/h3-7H2,1-2H3,(H,15,16,17). The van der Waals surface area contributed by atoms with Crippen molar-refractivity contribution in [1.82, 2.24) is 9.97 Å². The second kappa shape index (κ2) is 3.44. The molecule has 0 aromatic carbocycles. The van der Waals surface area contributed by atoms with E-state index in [0.717, 1.165) is 11.6 Å². The third-order valence-electron chi connectivity index (χ3n) is 4.34. The van der Waals surface area contributed by atoms with Gasteiger partial charge in [-0.1, -0.05) is 6.92 Å². The van der Waals surface area contributed by atoms with Crippen molar-refractivity contribution in [3.63, 3.8) is 0 Å². The Morgan fingerprint density at radius 1 is 1.22 bits per heavy atom. The first-order valence-electron chi connectivity index (χ1n) is 6.72. The van der Waals surface area contributed by atoms with E-state index in [0.29, 0.717) is 0 Å². The first-order chi connectivity index (χ1) is 8.71. The molecule has 0 amide bonds. The molecule has 0 saturated heterocycles. The van der Waals surface area contributed by atoms with Crippen molar-refractivity contribution in [2.45, 2.75) is 44.4 Å². The monoisotopic (exact) mass is 259 g/mol. The number of fused-ring (bicyclic) bond motifs is 3. The van der Waals surface area contributed by atoms with Crippen LogP contribution in [0, 0.1) is 0 Å². The van der Waals surface area contributed by atoms with Gasteiger partial charge in [0.15, 0.2) is 0 Å². The molecule has 2 aliphatic carbocycles. The molecular weight excluding hydrogens is 242 g/mol. The number of hydrogen-bond donors (Lipinski definition) is 1. The van der Waals surface area contributed by atoms with Crippen LogP contribution >= 0.6 is 11.3 Å². The molecule has 2 heterocycles. The van der Waals surface area contributed by atoms with Crippen molar-refractivity contribution in [2.24, 2.45) is 0 Å². The van der Waals surface area contributed by atoms with Crippen LogP contribution in [0.1, 0.15) is 42.5 Å². The molecule has 2 aliphatic rings. The van der Waals surface area contributed by atoms with Gasteiger partial charge in [-0.25, -0.2) is 9.97 Å². The minimum atomic E-state index is 0.244. The number of anilines is 1. The highest BCUT2D eigenvalue weighted by molar-refractivity contribution is 7.19. The molecule has 94 valence electrons. The van der Waals surface area contributed by atoms with Crippen molar-refractivity contribution in [3.05, 3.63) is 16.3 Å². The van der Waals surface area contributed by atoms with E-state index in [1.165, 1.54) is 52.8 Å². The van der Waals surface area contributed by atoms with E-state index in [1.807, 2.05) is 18.4 Å². The minimum Gasteiger partial charge on any atom is -0.372 e. The zero-order valence-corrected chi connectivity index (χ0v) is 11.7. The number of nitrogens with zero attached hydrogens (tertiary/aromatic N) is 2. The molecule has 0 unspecified atom stereocenters.